The summed E-state index contributed by atoms with van der Waals surface area (Å²) in [7, 11) is -1.96. The number of hydrogen-bond acceptors (Lipinski definition) is 5. The lowest BCUT2D eigenvalue weighted by Gasteiger charge is -2.44. The average Bonchev–Trinajstić information content (AvgIpc) is 2.43. The number of nitrogens with zero attached hydrogens (tertiary/aromatic N) is 1. The summed E-state index contributed by atoms with van der Waals surface area (Å²) < 4.78 is 17.2. The molecule has 7 heteroatoms. The van der Waals surface area contributed by atoms with Crippen LogP contribution in [0.4, 0.5) is 4.79 Å². The van der Waals surface area contributed by atoms with Crippen LogP contribution in [0.5, 0.6) is 0 Å². The number of rotatable bonds is 4. The van der Waals surface area contributed by atoms with Crippen LogP contribution in [0.3, 0.4) is 0 Å². The van der Waals surface area contributed by atoms with E-state index in [2.05, 4.69) is 33.9 Å². The van der Waals surface area contributed by atoms with Gasteiger partial charge in [0.2, 0.25) is 0 Å². The second-order valence-corrected chi connectivity index (χ2v) is 14.2. The molecule has 0 bridgehead atoms. The number of likely N-dealkylation sites (tertiary alicyclic amines) is 1. The summed E-state index contributed by atoms with van der Waals surface area (Å²) in [4.78, 5) is 26.5. The fraction of sp³-hybridized carbons (Fsp3) is 0.895. The Bertz CT molecular complexity index is 507. The van der Waals surface area contributed by atoms with E-state index in [4.69, 9.17) is 13.9 Å². The average molecular weight is 388 g/mol. The molecule has 0 aliphatic carbocycles. The molecule has 26 heavy (non-hydrogen) atoms. The van der Waals surface area contributed by atoms with Crippen LogP contribution < -0.4 is 0 Å². The summed E-state index contributed by atoms with van der Waals surface area (Å²) >= 11 is 0. The number of ether oxygens (including phenoxy) is 2. The number of amides is 1. The summed E-state index contributed by atoms with van der Waals surface area (Å²) in [5.74, 6) is -0.371. The van der Waals surface area contributed by atoms with Crippen molar-refractivity contribution in [2.24, 2.45) is 0 Å². The van der Waals surface area contributed by atoms with Crippen LogP contribution in [-0.2, 0) is 18.7 Å². The Hall–Kier alpha value is -1.08. The Balaban J connectivity index is 2.96. The maximum absolute atomic E-state index is 12.7. The molecule has 0 aromatic heterocycles. The van der Waals surface area contributed by atoms with E-state index in [0.717, 1.165) is 6.42 Å². The number of piperidine rings is 1. The van der Waals surface area contributed by atoms with Gasteiger partial charge < -0.3 is 13.9 Å². The second kappa shape index (κ2) is 8.29. The zero-order valence-corrected chi connectivity index (χ0v) is 19.0. The fourth-order valence-electron chi connectivity index (χ4n) is 2.63. The summed E-state index contributed by atoms with van der Waals surface area (Å²) in [6.45, 7) is 18.8. The first-order valence-electron chi connectivity index (χ1n) is 9.52. The first-order chi connectivity index (χ1) is 11.7. The number of carbonyl (C=O) groups excluding carboxylic acids is 2. The molecule has 0 N–H and O–H groups in total. The third-order valence-electron chi connectivity index (χ3n) is 4.99. The molecule has 0 aromatic rings. The van der Waals surface area contributed by atoms with Gasteiger partial charge in [-0.3, -0.25) is 4.90 Å². The predicted octanol–water partition coefficient (Wildman–Crippen LogP) is 4.34. The topological polar surface area (TPSA) is 65.1 Å². The van der Waals surface area contributed by atoms with Gasteiger partial charge in [-0.1, -0.05) is 20.8 Å². The number of carbonyl (C=O) groups is 2. The van der Waals surface area contributed by atoms with Crippen LogP contribution in [0.2, 0.25) is 18.1 Å². The van der Waals surface area contributed by atoms with Crippen molar-refractivity contribution in [1.82, 2.24) is 4.90 Å². The highest BCUT2D eigenvalue weighted by Crippen LogP contribution is 2.38. The van der Waals surface area contributed by atoms with Crippen molar-refractivity contribution in [3.05, 3.63) is 0 Å². The SMILES string of the molecule is CCOC(=O)[C@H]1CC[C@@H](O[Si](C)(C)C(C)(C)C)CN1C(=O)OC(C)(C)C. The Labute approximate surface area is 159 Å². The summed E-state index contributed by atoms with van der Waals surface area (Å²) in [6, 6.07) is -0.607. The van der Waals surface area contributed by atoms with Crippen LogP contribution in [-0.4, -0.2) is 56.2 Å². The largest absolute Gasteiger partial charge is 0.464 e. The lowest BCUT2D eigenvalue weighted by molar-refractivity contribution is -0.151. The van der Waals surface area contributed by atoms with Crippen molar-refractivity contribution < 1.29 is 23.5 Å². The quantitative estimate of drug-likeness (QED) is 0.530. The first kappa shape index (κ1) is 23.0. The van der Waals surface area contributed by atoms with E-state index < -0.39 is 26.1 Å². The summed E-state index contributed by atoms with van der Waals surface area (Å²) in [6.07, 6.45) is 0.681. The molecule has 152 valence electrons. The molecule has 0 spiro atoms. The molecule has 1 rings (SSSR count). The van der Waals surface area contributed by atoms with Gasteiger partial charge in [-0.2, -0.15) is 0 Å². The molecule has 0 radical (unpaired) electrons. The summed E-state index contributed by atoms with van der Waals surface area (Å²) in [5.41, 5.74) is -0.622. The monoisotopic (exact) mass is 387 g/mol. The van der Waals surface area contributed by atoms with E-state index in [-0.39, 0.29) is 17.1 Å². The van der Waals surface area contributed by atoms with Gasteiger partial charge in [-0.15, -0.1) is 0 Å². The molecule has 1 heterocycles. The van der Waals surface area contributed by atoms with Crippen molar-refractivity contribution in [3.63, 3.8) is 0 Å². The van der Waals surface area contributed by atoms with E-state index in [9.17, 15) is 9.59 Å². The normalized spacial score (nSPS) is 22.1. The van der Waals surface area contributed by atoms with Gasteiger partial charge in [0.05, 0.1) is 12.7 Å². The lowest BCUT2D eigenvalue weighted by atomic mass is 10.0. The van der Waals surface area contributed by atoms with E-state index in [0.29, 0.717) is 19.6 Å². The van der Waals surface area contributed by atoms with E-state index in [1.165, 1.54) is 4.90 Å². The minimum absolute atomic E-state index is 0.0851. The third kappa shape index (κ3) is 6.27. The molecular formula is C19H37NO5Si. The molecule has 1 aliphatic heterocycles. The van der Waals surface area contributed by atoms with Gasteiger partial charge in [0, 0.05) is 6.54 Å². The van der Waals surface area contributed by atoms with Crippen LogP contribution in [0, 0.1) is 0 Å². The van der Waals surface area contributed by atoms with Crippen molar-refractivity contribution in [1.29, 1.82) is 0 Å². The highest BCUT2D eigenvalue weighted by molar-refractivity contribution is 6.74. The minimum atomic E-state index is -1.96. The maximum atomic E-state index is 12.7. The van der Waals surface area contributed by atoms with E-state index >= 15 is 0 Å². The molecular weight excluding hydrogens is 350 g/mol. The molecule has 1 fully saturated rings. The van der Waals surface area contributed by atoms with Crippen molar-refractivity contribution in [3.8, 4) is 0 Å². The Morgan fingerprint density at radius 2 is 1.65 bits per heavy atom. The predicted molar refractivity (Wildman–Crippen MR) is 105 cm³/mol. The first-order valence-corrected chi connectivity index (χ1v) is 12.4. The molecule has 1 aliphatic rings. The van der Waals surface area contributed by atoms with Gasteiger partial charge in [-0.25, -0.2) is 9.59 Å². The van der Waals surface area contributed by atoms with Gasteiger partial charge in [0.25, 0.3) is 0 Å². The zero-order chi connectivity index (χ0) is 20.3. The van der Waals surface area contributed by atoms with Gasteiger partial charge in [-0.05, 0) is 58.7 Å². The molecule has 1 saturated heterocycles. The van der Waals surface area contributed by atoms with E-state index in [1.807, 2.05) is 20.8 Å². The Kier molecular flexibility index (Phi) is 7.32. The molecule has 6 nitrogen and oxygen atoms in total. The van der Waals surface area contributed by atoms with Crippen molar-refractivity contribution in [2.45, 2.75) is 97.2 Å². The highest BCUT2D eigenvalue weighted by Gasteiger charge is 2.44. The fourth-order valence-corrected chi connectivity index (χ4v) is 4.01. The van der Waals surface area contributed by atoms with Gasteiger partial charge in [0.15, 0.2) is 8.32 Å². The van der Waals surface area contributed by atoms with Gasteiger partial charge >= 0.3 is 12.1 Å². The smallest absolute Gasteiger partial charge is 0.411 e. The standard InChI is InChI=1S/C19H37NO5Si/c1-10-23-16(21)15-12-11-14(25-26(8,9)19(5,6)7)13-20(15)17(22)24-18(2,3)4/h14-15H,10-13H2,1-9H3/t14-,15-/m1/s1. The van der Waals surface area contributed by atoms with Crippen LogP contribution in [0.15, 0.2) is 0 Å². The van der Waals surface area contributed by atoms with Crippen LogP contribution in [0.1, 0.15) is 61.3 Å². The zero-order valence-electron chi connectivity index (χ0n) is 18.0. The highest BCUT2D eigenvalue weighted by atomic mass is 28.4. The third-order valence-corrected chi connectivity index (χ3v) is 9.53. The van der Waals surface area contributed by atoms with Crippen LogP contribution >= 0.6 is 0 Å². The van der Waals surface area contributed by atoms with E-state index in [1.54, 1.807) is 6.92 Å². The number of hydrogen-bond donors (Lipinski definition) is 0. The molecule has 1 amide bonds. The number of esters is 1. The minimum Gasteiger partial charge on any atom is -0.464 e. The molecule has 2 atom stereocenters. The summed E-state index contributed by atoms with van der Waals surface area (Å²) in [5, 5.41) is 0.0851. The molecule has 0 aromatic carbocycles. The second-order valence-electron chi connectivity index (χ2n) is 9.48. The van der Waals surface area contributed by atoms with Gasteiger partial charge in [0.1, 0.15) is 11.6 Å². The Morgan fingerprint density at radius 3 is 2.12 bits per heavy atom. The van der Waals surface area contributed by atoms with Crippen molar-refractivity contribution in [2.75, 3.05) is 13.2 Å². The lowest BCUT2D eigenvalue weighted by Crippen LogP contribution is -2.56. The molecule has 0 saturated carbocycles. The van der Waals surface area contributed by atoms with Crippen molar-refractivity contribution >= 4 is 20.4 Å². The maximum Gasteiger partial charge on any atom is 0.411 e. The Morgan fingerprint density at radius 1 is 1.08 bits per heavy atom. The molecule has 0 unspecified atom stereocenters. The van der Waals surface area contributed by atoms with Crippen LogP contribution in [0.25, 0.3) is 0 Å².